The lowest BCUT2D eigenvalue weighted by Gasteiger charge is -2.32. The van der Waals surface area contributed by atoms with Crippen molar-refractivity contribution in [3.63, 3.8) is 0 Å². The molecule has 98 valence electrons. The summed E-state index contributed by atoms with van der Waals surface area (Å²) in [4.78, 5) is 14.4. The molecule has 0 unspecified atom stereocenters. The van der Waals surface area contributed by atoms with Crippen molar-refractivity contribution in [1.82, 2.24) is 4.90 Å². The summed E-state index contributed by atoms with van der Waals surface area (Å²) >= 11 is 0. The van der Waals surface area contributed by atoms with Crippen LogP contribution in [0, 0.1) is 5.82 Å². The molecule has 0 amide bonds. The maximum absolute atomic E-state index is 12.8. The molecule has 0 spiro atoms. The Balaban J connectivity index is 1.91. The van der Waals surface area contributed by atoms with Gasteiger partial charge in [0, 0.05) is 18.0 Å². The predicted molar refractivity (Wildman–Crippen MR) is 70.2 cm³/mol. The minimum absolute atomic E-state index is 0.105. The summed E-state index contributed by atoms with van der Waals surface area (Å²) in [6, 6.07) is 6.11. The standard InChI is InChI=1S/C15H20FNO/c1-12(17-9-3-2-4-10-17)11-15(18)13-5-7-14(16)8-6-13/h5-8,12H,2-4,9-11H2,1H3/t12-/m1/s1. The number of rotatable bonds is 4. The highest BCUT2D eigenvalue weighted by atomic mass is 19.1. The van der Waals surface area contributed by atoms with Crippen molar-refractivity contribution in [2.75, 3.05) is 13.1 Å². The molecule has 2 nitrogen and oxygen atoms in total. The van der Waals surface area contributed by atoms with Crippen molar-refractivity contribution < 1.29 is 9.18 Å². The third kappa shape index (κ3) is 3.39. The zero-order valence-electron chi connectivity index (χ0n) is 10.9. The van der Waals surface area contributed by atoms with Crippen molar-refractivity contribution >= 4 is 5.78 Å². The van der Waals surface area contributed by atoms with Crippen molar-refractivity contribution in [2.45, 2.75) is 38.6 Å². The van der Waals surface area contributed by atoms with Crippen LogP contribution in [0.4, 0.5) is 4.39 Å². The lowest BCUT2D eigenvalue weighted by atomic mass is 10.0. The summed E-state index contributed by atoms with van der Waals surface area (Å²) in [7, 11) is 0. The molecule has 0 aliphatic carbocycles. The third-order valence-corrected chi connectivity index (χ3v) is 3.66. The fourth-order valence-electron chi connectivity index (χ4n) is 2.51. The first-order chi connectivity index (χ1) is 8.66. The zero-order valence-corrected chi connectivity index (χ0v) is 10.9. The van der Waals surface area contributed by atoms with Gasteiger partial charge in [-0.25, -0.2) is 4.39 Å². The van der Waals surface area contributed by atoms with Gasteiger partial charge in [0.05, 0.1) is 0 Å². The molecular weight excluding hydrogens is 229 g/mol. The lowest BCUT2D eigenvalue weighted by Crippen LogP contribution is -2.38. The molecule has 0 aromatic heterocycles. The van der Waals surface area contributed by atoms with Gasteiger partial charge < -0.3 is 4.90 Å². The van der Waals surface area contributed by atoms with Crippen LogP contribution in [-0.4, -0.2) is 29.8 Å². The Kier molecular flexibility index (Phi) is 4.48. The van der Waals surface area contributed by atoms with E-state index >= 15 is 0 Å². The van der Waals surface area contributed by atoms with Gasteiger partial charge >= 0.3 is 0 Å². The SMILES string of the molecule is C[C@H](CC(=O)c1ccc(F)cc1)N1CCCCC1. The third-order valence-electron chi connectivity index (χ3n) is 3.66. The number of hydrogen-bond acceptors (Lipinski definition) is 2. The van der Waals surface area contributed by atoms with Crippen LogP contribution in [0.15, 0.2) is 24.3 Å². The van der Waals surface area contributed by atoms with Crippen LogP contribution in [-0.2, 0) is 0 Å². The van der Waals surface area contributed by atoms with Crippen LogP contribution in [0.2, 0.25) is 0 Å². The average molecular weight is 249 g/mol. The van der Waals surface area contributed by atoms with Gasteiger partial charge in [0.2, 0.25) is 0 Å². The van der Waals surface area contributed by atoms with Crippen molar-refractivity contribution in [3.8, 4) is 0 Å². The fraction of sp³-hybridized carbons (Fsp3) is 0.533. The van der Waals surface area contributed by atoms with E-state index in [-0.39, 0.29) is 17.6 Å². The molecule has 2 rings (SSSR count). The van der Waals surface area contributed by atoms with E-state index in [9.17, 15) is 9.18 Å². The van der Waals surface area contributed by atoms with Gasteiger partial charge in [-0.05, 0) is 57.1 Å². The van der Waals surface area contributed by atoms with E-state index in [2.05, 4.69) is 11.8 Å². The number of hydrogen-bond donors (Lipinski definition) is 0. The predicted octanol–water partition coefficient (Wildman–Crippen LogP) is 3.27. The number of nitrogens with zero attached hydrogens (tertiary/aromatic N) is 1. The molecule has 1 aromatic rings. The largest absolute Gasteiger partial charge is 0.300 e. The molecule has 1 aliphatic heterocycles. The molecule has 0 radical (unpaired) electrons. The van der Waals surface area contributed by atoms with Gasteiger partial charge in [-0.2, -0.15) is 0 Å². The second-order valence-corrected chi connectivity index (χ2v) is 5.08. The lowest BCUT2D eigenvalue weighted by molar-refractivity contribution is 0.0911. The summed E-state index contributed by atoms with van der Waals surface area (Å²) in [5.41, 5.74) is 0.611. The quantitative estimate of drug-likeness (QED) is 0.763. The molecule has 3 heteroatoms. The van der Waals surface area contributed by atoms with Gasteiger partial charge in [-0.3, -0.25) is 4.79 Å². The molecule has 1 saturated heterocycles. The van der Waals surface area contributed by atoms with Crippen molar-refractivity contribution in [3.05, 3.63) is 35.6 Å². The number of Topliss-reactive ketones (excluding diaryl/α,β-unsaturated/α-hetero) is 1. The number of likely N-dealkylation sites (tertiary alicyclic amines) is 1. The molecule has 1 heterocycles. The topological polar surface area (TPSA) is 20.3 Å². The van der Waals surface area contributed by atoms with Gasteiger partial charge in [0.1, 0.15) is 5.82 Å². The second-order valence-electron chi connectivity index (χ2n) is 5.08. The molecule has 18 heavy (non-hydrogen) atoms. The molecule has 0 bridgehead atoms. The molecule has 0 N–H and O–H groups in total. The Bertz CT molecular complexity index is 395. The van der Waals surface area contributed by atoms with Gasteiger partial charge in [-0.15, -0.1) is 0 Å². The minimum Gasteiger partial charge on any atom is -0.300 e. The summed E-state index contributed by atoms with van der Waals surface area (Å²) in [5.74, 6) is -0.191. The van der Waals surface area contributed by atoms with Gasteiger partial charge in [0.15, 0.2) is 5.78 Å². The van der Waals surface area contributed by atoms with Crippen LogP contribution in [0.25, 0.3) is 0 Å². The van der Waals surface area contributed by atoms with E-state index in [1.807, 2.05) is 0 Å². The number of benzene rings is 1. The maximum atomic E-state index is 12.8. The molecule has 1 fully saturated rings. The van der Waals surface area contributed by atoms with Crippen molar-refractivity contribution in [1.29, 1.82) is 0 Å². The highest BCUT2D eigenvalue weighted by molar-refractivity contribution is 5.96. The van der Waals surface area contributed by atoms with E-state index < -0.39 is 0 Å². The molecular formula is C15H20FNO. The Labute approximate surface area is 108 Å². The Morgan fingerprint density at radius 1 is 1.22 bits per heavy atom. The Morgan fingerprint density at radius 2 is 1.83 bits per heavy atom. The van der Waals surface area contributed by atoms with E-state index in [4.69, 9.17) is 0 Å². The first-order valence-corrected chi connectivity index (χ1v) is 6.69. The fourth-order valence-corrected chi connectivity index (χ4v) is 2.51. The van der Waals surface area contributed by atoms with Gasteiger partial charge in [0.25, 0.3) is 0 Å². The summed E-state index contributed by atoms with van der Waals surface area (Å²) in [6.07, 6.45) is 4.28. The van der Waals surface area contributed by atoms with Crippen LogP contribution < -0.4 is 0 Å². The summed E-state index contributed by atoms with van der Waals surface area (Å²) < 4.78 is 12.8. The Hall–Kier alpha value is -1.22. The van der Waals surface area contributed by atoms with Gasteiger partial charge in [-0.1, -0.05) is 6.42 Å². The van der Waals surface area contributed by atoms with E-state index in [1.165, 1.54) is 31.4 Å². The number of piperidine rings is 1. The van der Waals surface area contributed by atoms with Crippen LogP contribution >= 0.6 is 0 Å². The Morgan fingerprint density at radius 3 is 2.44 bits per heavy atom. The number of carbonyl (C=O) groups is 1. The first-order valence-electron chi connectivity index (χ1n) is 6.69. The zero-order chi connectivity index (χ0) is 13.0. The summed E-state index contributed by atoms with van der Waals surface area (Å²) in [5, 5.41) is 0. The van der Waals surface area contributed by atoms with Crippen LogP contribution in [0.1, 0.15) is 43.0 Å². The highest BCUT2D eigenvalue weighted by Crippen LogP contribution is 2.16. The molecule has 1 aromatic carbocycles. The molecule has 1 atom stereocenters. The van der Waals surface area contributed by atoms with Crippen LogP contribution in [0.5, 0.6) is 0 Å². The molecule has 0 saturated carbocycles. The van der Waals surface area contributed by atoms with E-state index in [0.717, 1.165) is 13.1 Å². The van der Waals surface area contributed by atoms with E-state index in [1.54, 1.807) is 12.1 Å². The number of ketones is 1. The highest BCUT2D eigenvalue weighted by Gasteiger charge is 2.19. The smallest absolute Gasteiger partial charge is 0.164 e. The number of carbonyl (C=O) groups excluding carboxylic acids is 1. The normalized spacial score (nSPS) is 18.6. The number of halogens is 1. The van der Waals surface area contributed by atoms with Crippen LogP contribution in [0.3, 0.4) is 0 Å². The monoisotopic (exact) mass is 249 g/mol. The first kappa shape index (κ1) is 13.2. The molecule has 1 aliphatic rings. The maximum Gasteiger partial charge on any atom is 0.164 e. The summed E-state index contributed by atoms with van der Waals surface area (Å²) in [6.45, 7) is 4.29. The van der Waals surface area contributed by atoms with E-state index in [0.29, 0.717) is 12.0 Å². The minimum atomic E-state index is -0.296. The average Bonchev–Trinajstić information content (AvgIpc) is 2.40. The van der Waals surface area contributed by atoms with Crippen molar-refractivity contribution in [2.24, 2.45) is 0 Å². The second kappa shape index (κ2) is 6.10.